The minimum Gasteiger partial charge on any atom is -0.382 e. The van der Waals surface area contributed by atoms with Gasteiger partial charge in [-0.25, -0.2) is 0 Å². The monoisotopic (exact) mass is 167 g/mol. The van der Waals surface area contributed by atoms with Crippen LogP contribution in [0, 0.1) is 0 Å². The molecule has 1 unspecified atom stereocenters. The highest BCUT2D eigenvalue weighted by Gasteiger charge is 2.24. The van der Waals surface area contributed by atoms with E-state index in [-0.39, 0.29) is 6.10 Å². The molecule has 1 aliphatic carbocycles. The zero-order valence-corrected chi connectivity index (χ0v) is 7.13. The molecule has 3 N–H and O–H groups in total. The lowest BCUT2D eigenvalue weighted by molar-refractivity contribution is 0.0886. The molecule has 12 heavy (non-hydrogen) atoms. The topological polar surface area (TPSA) is 63.9 Å². The second-order valence-electron chi connectivity index (χ2n) is 3.12. The number of nitrogens with two attached hydrogens (primary N) is 1. The fourth-order valence-corrected chi connectivity index (χ4v) is 1.80. The van der Waals surface area contributed by atoms with Crippen molar-refractivity contribution in [2.24, 2.45) is 0 Å². The highest BCUT2D eigenvalue weighted by molar-refractivity contribution is 5.44. The quantitative estimate of drug-likeness (QED) is 0.656. The van der Waals surface area contributed by atoms with Crippen LogP contribution < -0.4 is 5.73 Å². The number of aromatic nitrogens is 2. The second kappa shape index (κ2) is 2.79. The van der Waals surface area contributed by atoms with E-state index < -0.39 is 0 Å². The van der Waals surface area contributed by atoms with Crippen molar-refractivity contribution in [2.45, 2.75) is 25.4 Å². The maximum absolute atomic E-state index is 5.70. The average Bonchev–Trinajstić information content (AvgIpc) is 2.48. The zero-order chi connectivity index (χ0) is 8.55. The van der Waals surface area contributed by atoms with Crippen LogP contribution in [0.15, 0.2) is 0 Å². The third-order valence-corrected chi connectivity index (χ3v) is 2.41. The lowest BCUT2D eigenvalue weighted by Gasteiger charge is -2.20. The Bertz CT molecular complexity index is 282. The zero-order valence-electron chi connectivity index (χ0n) is 7.13. The Kier molecular flexibility index (Phi) is 1.77. The Labute approximate surface area is 71.1 Å². The van der Waals surface area contributed by atoms with E-state index >= 15 is 0 Å². The Hall–Kier alpha value is -1.03. The van der Waals surface area contributed by atoms with Gasteiger partial charge in [-0.1, -0.05) is 0 Å². The highest BCUT2D eigenvalue weighted by Crippen LogP contribution is 2.33. The molecule has 0 amide bonds. The molecule has 66 valence electrons. The van der Waals surface area contributed by atoms with Crippen molar-refractivity contribution in [3.63, 3.8) is 0 Å². The Balaban J connectivity index is 2.41. The number of nitrogens with zero attached hydrogens (tertiary/aromatic N) is 1. The van der Waals surface area contributed by atoms with E-state index in [4.69, 9.17) is 10.5 Å². The first-order valence-electron chi connectivity index (χ1n) is 4.18. The molecule has 4 nitrogen and oxygen atoms in total. The average molecular weight is 167 g/mol. The van der Waals surface area contributed by atoms with Gasteiger partial charge in [-0.3, -0.25) is 5.10 Å². The van der Waals surface area contributed by atoms with Crippen molar-refractivity contribution in [1.82, 2.24) is 10.2 Å². The van der Waals surface area contributed by atoms with Gasteiger partial charge in [-0.05, 0) is 19.3 Å². The van der Waals surface area contributed by atoms with Crippen molar-refractivity contribution in [1.29, 1.82) is 0 Å². The number of fused-ring (bicyclic) bond motifs is 1. The summed E-state index contributed by atoms with van der Waals surface area (Å²) in [5.74, 6) is 0.594. The molecule has 0 radical (unpaired) electrons. The fourth-order valence-electron chi connectivity index (χ4n) is 1.80. The number of ether oxygens (including phenoxy) is 1. The van der Waals surface area contributed by atoms with Crippen LogP contribution >= 0.6 is 0 Å². The summed E-state index contributed by atoms with van der Waals surface area (Å²) in [5, 5.41) is 6.90. The number of rotatable bonds is 1. The summed E-state index contributed by atoms with van der Waals surface area (Å²) < 4.78 is 5.32. The highest BCUT2D eigenvalue weighted by atomic mass is 16.5. The number of aromatic amines is 1. The fraction of sp³-hybridized carbons (Fsp3) is 0.625. The van der Waals surface area contributed by atoms with Gasteiger partial charge in [0.1, 0.15) is 0 Å². The predicted octanol–water partition coefficient (Wildman–Crippen LogP) is 1.02. The molecule has 4 heteroatoms. The molecular weight excluding hydrogens is 154 g/mol. The van der Waals surface area contributed by atoms with E-state index in [2.05, 4.69) is 10.2 Å². The number of anilines is 1. The minimum absolute atomic E-state index is 0.146. The summed E-state index contributed by atoms with van der Waals surface area (Å²) in [5.41, 5.74) is 7.92. The van der Waals surface area contributed by atoms with E-state index in [9.17, 15) is 0 Å². The first-order valence-corrected chi connectivity index (χ1v) is 4.18. The molecule has 0 spiro atoms. The van der Waals surface area contributed by atoms with Crippen molar-refractivity contribution < 1.29 is 4.74 Å². The second-order valence-corrected chi connectivity index (χ2v) is 3.12. The number of hydrogen-bond donors (Lipinski definition) is 2. The standard InChI is InChI=1S/C8H13N3O/c1-12-6-4-2-3-5-7(6)8(9)11-10-5/h6H,2-4H2,1H3,(H3,9,10,11). The normalized spacial score (nSPS) is 22.2. The summed E-state index contributed by atoms with van der Waals surface area (Å²) in [6, 6.07) is 0. The first-order chi connectivity index (χ1) is 5.83. The van der Waals surface area contributed by atoms with E-state index in [0.717, 1.165) is 30.5 Å². The van der Waals surface area contributed by atoms with Crippen LogP contribution in [0.1, 0.15) is 30.2 Å². The lowest BCUT2D eigenvalue weighted by Crippen LogP contribution is -2.11. The molecule has 0 aliphatic heterocycles. The summed E-state index contributed by atoms with van der Waals surface area (Å²) in [6.07, 6.45) is 3.38. The third kappa shape index (κ3) is 0.992. The molecule has 0 fully saturated rings. The van der Waals surface area contributed by atoms with Crippen molar-refractivity contribution >= 4 is 5.82 Å². The van der Waals surface area contributed by atoms with E-state index in [1.165, 1.54) is 0 Å². The maximum atomic E-state index is 5.70. The molecule has 0 saturated heterocycles. The van der Waals surface area contributed by atoms with E-state index in [1.807, 2.05) is 0 Å². The molecular formula is C8H13N3O. The number of hydrogen-bond acceptors (Lipinski definition) is 3. The number of nitrogen functional groups attached to an aromatic ring is 1. The molecule has 1 aromatic rings. The predicted molar refractivity (Wildman–Crippen MR) is 45.7 cm³/mol. The van der Waals surface area contributed by atoms with Crippen LogP contribution in [0.5, 0.6) is 0 Å². The van der Waals surface area contributed by atoms with Gasteiger partial charge in [0.2, 0.25) is 0 Å². The van der Waals surface area contributed by atoms with Gasteiger partial charge >= 0.3 is 0 Å². The van der Waals surface area contributed by atoms with E-state index in [1.54, 1.807) is 7.11 Å². The number of aryl methyl sites for hydroxylation is 1. The lowest BCUT2D eigenvalue weighted by atomic mass is 9.94. The Morgan fingerprint density at radius 3 is 3.25 bits per heavy atom. The summed E-state index contributed by atoms with van der Waals surface area (Å²) >= 11 is 0. The van der Waals surface area contributed by atoms with Gasteiger partial charge in [0.15, 0.2) is 5.82 Å². The van der Waals surface area contributed by atoms with Gasteiger partial charge < -0.3 is 10.5 Å². The smallest absolute Gasteiger partial charge is 0.151 e. The molecule has 2 rings (SSSR count). The molecule has 0 saturated carbocycles. The summed E-state index contributed by atoms with van der Waals surface area (Å²) in [7, 11) is 1.71. The van der Waals surface area contributed by atoms with Gasteiger partial charge in [-0.15, -0.1) is 0 Å². The van der Waals surface area contributed by atoms with Crippen LogP contribution in [-0.4, -0.2) is 17.3 Å². The van der Waals surface area contributed by atoms with Gasteiger partial charge in [0, 0.05) is 18.4 Å². The molecule has 1 aromatic heterocycles. The number of nitrogens with one attached hydrogen (secondary N) is 1. The summed E-state index contributed by atoms with van der Waals surface area (Å²) in [6.45, 7) is 0. The van der Waals surface area contributed by atoms with Crippen molar-refractivity contribution in [3.05, 3.63) is 11.3 Å². The first kappa shape index (κ1) is 7.61. The molecule has 0 bridgehead atoms. The number of H-pyrrole nitrogens is 1. The largest absolute Gasteiger partial charge is 0.382 e. The summed E-state index contributed by atoms with van der Waals surface area (Å²) in [4.78, 5) is 0. The van der Waals surface area contributed by atoms with Crippen LogP contribution in [0.25, 0.3) is 0 Å². The third-order valence-electron chi connectivity index (χ3n) is 2.41. The van der Waals surface area contributed by atoms with E-state index in [0.29, 0.717) is 5.82 Å². The van der Waals surface area contributed by atoms with Crippen LogP contribution in [0.2, 0.25) is 0 Å². The van der Waals surface area contributed by atoms with Crippen LogP contribution in [0.3, 0.4) is 0 Å². The molecule has 1 heterocycles. The van der Waals surface area contributed by atoms with Gasteiger partial charge in [0.05, 0.1) is 6.10 Å². The number of methoxy groups -OCH3 is 1. The molecule has 1 atom stereocenters. The minimum atomic E-state index is 0.146. The van der Waals surface area contributed by atoms with Gasteiger partial charge in [0.25, 0.3) is 0 Å². The Morgan fingerprint density at radius 2 is 2.50 bits per heavy atom. The van der Waals surface area contributed by atoms with Crippen molar-refractivity contribution in [3.8, 4) is 0 Å². The molecule has 0 aromatic carbocycles. The Morgan fingerprint density at radius 1 is 1.67 bits per heavy atom. The molecule has 1 aliphatic rings. The van der Waals surface area contributed by atoms with Crippen LogP contribution in [-0.2, 0) is 11.2 Å². The SMILES string of the molecule is COC1CCCc2[nH]nc(N)c21. The van der Waals surface area contributed by atoms with Gasteiger partial charge in [-0.2, -0.15) is 5.10 Å². The maximum Gasteiger partial charge on any atom is 0.151 e. The van der Waals surface area contributed by atoms with Crippen molar-refractivity contribution in [2.75, 3.05) is 12.8 Å². The van der Waals surface area contributed by atoms with Crippen LogP contribution in [0.4, 0.5) is 5.82 Å².